The molecule has 0 aliphatic carbocycles. The number of hydrogen-bond acceptors (Lipinski definition) is 8. The van der Waals surface area contributed by atoms with Gasteiger partial charge in [0.05, 0.1) is 24.6 Å². The van der Waals surface area contributed by atoms with Crippen LogP contribution in [0.4, 0.5) is 4.79 Å². The molecule has 0 unspecified atom stereocenters. The van der Waals surface area contributed by atoms with Crippen molar-refractivity contribution >= 4 is 22.4 Å². The number of carbonyl (C=O) groups excluding carboxylic acids is 1. The third kappa shape index (κ3) is 4.17. The number of amides is 1. The van der Waals surface area contributed by atoms with E-state index in [0.717, 1.165) is 16.2 Å². The molecule has 1 N–H and O–H groups in total. The normalized spacial score (nSPS) is 15.9. The fourth-order valence-electron chi connectivity index (χ4n) is 3.81. The predicted molar refractivity (Wildman–Crippen MR) is 117 cm³/mol. The number of hydrogen-bond donors (Lipinski definition) is 1. The molecule has 1 saturated heterocycles. The van der Waals surface area contributed by atoms with Crippen LogP contribution in [-0.4, -0.2) is 75.5 Å². The zero-order chi connectivity index (χ0) is 22.0. The topological polar surface area (TPSA) is 92.4 Å². The van der Waals surface area contributed by atoms with Gasteiger partial charge in [-0.25, -0.2) is 9.78 Å². The molecule has 10 heteroatoms. The van der Waals surface area contributed by atoms with Gasteiger partial charge in [-0.1, -0.05) is 30.4 Å². The standard InChI is InChI=1S/C21H27N5O4S/c1-4-16-22-20-26(23-16)19(27)18(31-20)17(14-6-8-15(29-3)9-7-14)24-10-12-25(13-11-24)21(28)30-5-2/h6-9,17,27H,4-5,10-13H2,1-3H3/t17-/m0/s1. The van der Waals surface area contributed by atoms with Gasteiger partial charge in [0.25, 0.3) is 0 Å². The van der Waals surface area contributed by atoms with E-state index in [9.17, 15) is 9.90 Å². The molecule has 0 bridgehead atoms. The van der Waals surface area contributed by atoms with Gasteiger partial charge in [-0.3, -0.25) is 4.90 Å². The Morgan fingerprint density at radius 2 is 1.90 bits per heavy atom. The Kier molecular flexibility index (Phi) is 6.28. The van der Waals surface area contributed by atoms with Crippen molar-refractivity contribution in [3.05, 3.63) is 40.5 Å². The van der Waals surface area contributed by atoms with Crippen LogP contribution in [0.15, 0.2) is 24.3 Å². The lowest BCUT2D eigenvalue weighted by atomic mass is 10.0. The Balaban J connectivity index is 1.66. The third-order valence-electron chi connectivity index (χ3n) is 5.45. The first-order valence-electron chi connectivity index (χ1n) is 10.4. The molecule has 9 nitrogen and oxygen atoms in total. The molecule has 3 aromatic rings. The lowest BCUT2D eigenvalue weighted by molar-refractivity contribution is 0.0715. The minimum Gasteiger partial charge on any atom is -0.497 e. The molecule has 0 spiro atoms. The van der Waals surface area contributed by atoms with Crippen molar-refractivity contribution in [2.75, 3.05) is 39.9 Å². The summed E-state index contributed by atoms with van der Waals surface area (Å²) < 4.78 is 12.0. The highest BCUT2D eigenvalue weighted by molar-refractivity contribution is 7.17. The highest BCUT2D eigenvalue weighted by Gasteiger charge is 2.33. The number of fused-ring (bicyclic) bond motifs is 1. The largest absolute Gasteiger partial charge is 0.497 e. The number of rotatable bonds is 6. The van der Waals surface area contributed by atoms with Crippen LogP contribution in [0.2, 0.25) is 0 Å². The van der Waals surface area contributed by atoms with Crippen molar-refractivity contribution in [3.63, 3.8) is 0 Å². The number of thiazole rings is 1. The van der Waals surface area contributed by atoms with Gasteiger partial charge in [0.2, 0.25) is 10.8 Å². The van der Waals surface area contributed by atoms with E-state index in [4.69, 9.17) is 9.47 Å². The SMILES string of the molecule is CCOC(=O)N1CCN([C@@H](c2ccc(OC)cc2)c2sc3nc(CC)nn3c2O)CC1. The second-order valence-corrected chi connectivity index (χ2v) is 8.27. The number of aromatic nitrogens is 3. The van der Waals surface area contributed by atoms with Gasteiger partial charge in [0, 0.05) is 32.6 Å². The Morgan fingerprint density at radius 3 is 2.48 bits per heavy atom. The van der Waals surface area contributed by atoms with Crippen molar-refractivity contribution in [2.24, 2.45) is 0 Å². The molecule has 166 valence electrons. The lowest BCUT2D eigenvalue weighted by Gasteiger charge is -2.38. The number of piperazine rings is 1. The molecule has 1 aromatic carbocycles. The van der Waals surface area contributed by atoms with Crippen LogP contribution in [0.5, 0.6) is 11.6 Å². The number of benzene rings is 1. The van der Waals surface area contributed by atoms with Gasteiger partial charge >= 0.3 is 6.09 Å². The number of methoxy groups -OCH3 is 1. The fourth-order valence-corrected chi connectivity index (χ4v) is 4.95. The smallest absolute Gasteiger partial charge is 0.409 e. The van der Waals surface area contributed by atoms with E-state index in [1.807, 2.05) is 38.1 Å². The van der Waals surface area contributed by atoms with Crippen molar-refractivity contribution in [3.8, 4) is 11.6 Å². The Hall–Kier alpha value is -2.85. The van der Waals surface area contributed by atoms with Gasteiger partial charge < -0.3 is 19.5 Å². The van der Waals surface area contributed by atoms with Gasteiger partial charge in [-0.15, -0.1) is 5.10 Å². The molecule has 0 radical (unpaired) electrons. The zero-order valence-electron chi connectivity index (χ0n) is 17.9. The summed E-state index contributed by atoms with van der Waals surface area (Å²) in [4.78, 5) is 22.1. The van der Waals surface area contributed by atoms with Crippen molar-refractivity contribution < 1.29 is 19.4 Å². The van der Waals surface area contributed by atoms with Gasteiger partial charge in [0.1, 0.15) is 5.75 Å². The van der Waals surface area contributed by atoms with Crippen molar-refractivity contribution in [1.82, 2.24) is 24.4 Å². The van der Waals surface area contributed by atoms with Crippen LogP contribution in [0.1, 0.15) is 36.2 Å². The first-order valence-corrected chi connectivity index (χ1v) is 11.2. The number of aromatic hydroxyl groups is 1. The summed E-state index contributed by atoms with van der Waals surface area (Å²) in [6, 6.07) is 7.66. The summed E-state index contributed by atoms with van der Waals surface area (Å²) in [5.74, 6) is 1.59. The maximum Gasteiger partial charge on any atom is 0.409 e. The molecule has 3 heterocycles. The number of carbonyl (C=O) groups is 1. The van der Waals surface area contributed by atoms with E-state index >= 15 is 0 Å². The Labute approximate surface area is 184 Å². The first-order chi connectivity index (χ1) is 15.0. The Bertz CT molecular complexity index is 1040. The molecule has 0 saturated carbocycles. The average molecular weight is 446 g/mol. The molecule has 31 heavy (non-hydrogen) atoms. The summed E-state index contributed by atoms with van der Waals surface area (Å²) in [5, 5.41) is 15.4. The van der Waals surface area contributed by atoms with E-state index < -0.39 is 0 Å². The highest BCUT2D eigenvalue weighted by atomic mass is 32.1. The van der Waals surface area contributed by atoms with Crippen LogP contribution < -0.4 is 4.74 Å². The summed E-state index contributed by atoms with van der Waals surface area (Å²) in [6.45, 7) is 6.59. The monoisotopic (exact) mass is 445 g/mol. The number of aryl methyl sites for hydroxylation is 1. The summed E-state index contributed by atoms with van der Waals surface area (Å²) in [6.07, 6.45) is 0.429. The first kappa shape index (κ1) is 21.4. The zero-order valence-corrected chi connectivity index (χ0v) is 18.8. The van der Waals surface area contributed by atoms with Crippen LogP contribution in [0, 0.1) is 0 Å². The van der Waals surface area contributed by atoms with Gasteiger partial charge in [-0.2, -0.15) is 4.52 Å². The van der Waals surface area contributed by atoms with Crippen LogP contribution >= 0.6 is 11.3 Å². The molecule has 1 amide bonds. The maximum absolute atomic E-state index is 12.1. The third-order valence-corrected chi connectivity index (χ3v) is 6.52. The number of ether oxygens (including phenoxy) is 2. The molecule has 1 aliphatic rings. The minimum atomic E-state index is -0.281. The van der Waals surface area contributed by atoms with Crippen LogP contribution in [0.3, 0.4) is 0 Å². The van der Waals surface area contributed by atoms with Crippen LogP contribution in [-0.2, 0) is 11.2 Å². The van der Waals surface area contributed by atoms with E-state index in [0.29, 0.717) is 50.0 Å². The second kappa shape index (κ2) is 9.11. The molecular formula is C21H27N5O4S. The van der Waals surface area contributed by atoms with E-state index in [1.54, 1.807) is 12.0 Å². The van der Waals surface area contributed by atoms with E-state index in [1.165, 1.54) is 15.9 Å². The average Bonchev–Trinajstić information content (AvgIpc) is 3.34. The van der Waals surface area contributed by atoms with Crippen molar-refractivity contribution in [1.29, 1.82) is 0 Å². The molecule has 1 fully saturated rings. The molecular weight excluding hydrogens is 418 g/mol. The molecule has 1 aliphatic heterocycles. The molecule has 2 aromatic heterocycles. The summed E-state index contributed by atoms with van der Waals surface area (Å²) >= 11 is 1.44. The highest BCUT2D eigenvalue weighted by Crippen LogP contribution is 2.40. The molecule has 4 rings (SSSR count). The minimum absolute atomic E-state index is 0.112. The van der Waals surface area contributed by atoms with Crippen molar-refractivity contribution in [2.45, 2.75) is 26.3 Å². The predicted octanol–water partition coefficient (Wildman–Crippen LogP) is 2.93. The van der Waals surface area contributed by atoms with Crippen LogP contribution in [0.25, 0.3) is 4.96 Å². The summed E-state index contributed by atoms with van der Waals surface area (Å²) in [7, 11) is 1.64. The fraction of sp³-hybridized carbons (Fsp3) is 0.476. The quantitative estimate of drug-likeness (QED) is 0.624. The van der Waals surface area contributed by atoms with Gasteiger partial charge in [-0.05, 0) is 24.6 Å². The van der Waals surface area contributed by atoms with Gasteiger partial charge in [0.15, 0.2) is 5.82 Å². The Morgan fingerprint density at radius 1 is 1.19 bits per heavy atom. The van der Waals surface area contributed by atoms with E-state index in [2.05, 4.69) is 15.0 Å². The maximum atomic E-state index is 12.1. The molecule has 1 atom stereocenters. The second-order valence-electron chi connectivity index (χ2n) is 7.26. The van der Waals surface area contributed by atoms with E-state index in [-0.39, 0.29) is 18.0 Å². The number of nitrogens with zero attached hydrogens (tertiary/aromatic N) is 5. The summed E-state index contributed by atoms with van der Waals surface area (Å²) in [5.41, 5.74) is 1.03. The lowest BCUT2D eigenvalue weighted by Crippen LogP contribution is -2.49.